The van der Waals surface area contributed by atoms with Crippen molar-refractivity contribution < 1.29 is 19.0 Å². The second kappa shape index (κ2) is 12.7. The second-order valence-corrected chi connectivity index (χ2v) is 9.72. The Labute approximate surface area is 215 Å². The first kappa shape index (κ1) is 26.7. The molecule has 8 nitrogen and oxygen atoms in total. The van der Waals surface area contributed by atoms with Crippen LogP contribution in [0.5, 0.6) is 17.2 Å². The molecule has 2 aromatic carbocycles. The lowest BCUT2D eigenvalue weighted by molar-refractivity contribution is -0.112. The zero-order chi connectivity index (χ0) is 26.1. The third kappa shape index (κ3) is 7.82. The number of nitrogens with zero attached hydrogens (tertiary/aromatic N) is 3. The first-order valence-electron chi connectivity index (χ1n) is 11.5. The molecule has 0 radical (unpaired) electrons. The molecule has 0 saturated carbocycles. The monoisotopic (exact) mass is 506 g/mol. The number of rotatable bonds is 11. The number of aryl methyl sites for hydroxylation is 2. The van der Waals surface area contributed by atoms with Crippen molar-refractivity contribution >= 4 is 28.5 Å². The standard InChI is InChI=1S/C27H30N4O4S/c1-17(2)10-25-30-31-27(36-25)29-26(32)21(16-28)14-20-6-7-23(24(15-20)33-5)35-9-8-34-22-12-18(3)11-19(4)13-22/h6-7,11-15,17H,8-10H2,1-5H3,(H,29,31,32). The third-order valence-electron chi connectivity index (χ3n) is 4.94. The maximum absolute atomic E-state index is 12.6. The van der Waals surface area contributed by atoms with Gasteiger partial charge in [-0.05, 0) is 66.8 Å². The van der Waals surface area contributed by atoms with Gasteiger partial charge in [-0.25, -0.2) is 0 Å². The van der Waals surface area contributed by atoms with E-state index in [1.807, 2.05) is 32.0 Å². The number of hydrogen-bond donors (Lipinski definition) is 1. The fourth-order valence-electron chi connectivity index (χ4n) is 3.44. The smallest absolute Gasteiger partial charge is 0.268 e. The zero-order valence-electron chi connectivity index (χ0n) is 21.1. The van der Waals surface area contributed by atoms with Gasteiger partial charge in [-0.1, -0.05) is 37.3 Å². The van der Waals surface area contributed by atoms with E-state index in [4.69, 9.17) is 14.2 Å². The first-order chi connectivity index (χ1) is 17.3. The van der Waals surface area contributed by atoms with Crippen LogP contribution in [0.2, 0.25) is 0 Å². The van der Waals surface area contributed by atoms with Crippen LogP contribution >= 0.6 is 11.3 Å². The summed E-state index contributed by atoms with van der Waals surface area (Å²) in [5, 5.41) is 21.4. The van der Waals surface area contributed by atoms with Gasteiger partial charge in [0.1, 0.15) is 35.6 Å². The number of hydrogen-bond acceptors (Lipinski definition) is 8. The van der Waals surface area contributed by atoms with Crippen LogP contribution in [-0.4, -0.2) is 36.4 Å². The number of methoxy groups -OCH3 is 1. The van der Waals surface area contributed by atoms with Crippen LogP contribution in [0, 0.1) is 31.1 Å². The predicted octanol–water partition coefficient (Wildman–Crippen LogP) is 5.37. The van der Waals surface area contributed by atoms with Crippen molar-refractivity contribution in [2.75, 3.05) is 25.6 Å². The molecule has 9 heteroatoms. The van der Waals surface area contributed by atoms with Crippen molar-refractivity contribution in [1.82, 2.24) is 10.2 Å². The van der Waals surface area contributed by atoms with Gasteiger partial charge in [0.25, 0.3) is 5.91 Å². The first-order valence-corrected chi connectivity index (χ1v) is 12.4. The normalized spacial score (nSPS) is 11.2. The molecule has 0 aliphatic rings. The van der Waals surface area contributed by atoms with E-state index in [1.165, 1.54) is 24.5 Å². The molecule has 0 bridgehead atoms. The fraction of sp³-hybridized carbons (Fsp3) is 0.333. The number of nitrogens with one attached hydrogen (secondary N) is 1. The molecule has 3 aromatic rings. The van der Waals surface area contributed by atoms with Crippen LogP contribution in [0.3, 0.4) is 0 Å². The molecule has 0 spiro atoms. The maximum Gasteiger partial charge on any atom is 0.268 e. The minimum Gasteiger partial charge on any atom is -0.493 e. The van der Waals surface area contributed by atoms with E-state index in [-0.39, 0.29) is 5.57 Å². The molecular weight excluding hydrogens is 476 g/mol. The average Bonchev–Trinajstić information content (AvgIpc) is 3.25. The van der Waals surface area contributed by atoms with Gasteiger partial charge in [0, 0.05) is 6.42 Å². The molecular formula is C27H30N4O4S. The summed E-state index contributed by atoms with van der Waals surface area (Å²) in [6.45, 7) is 8.92. The highest BCUT2D eigenvalue weighted by Gasteiger charge is 2.14. The van der Waals surface area contributed by atoms with Gasteiger partial charge in [0.2, 0.25) is 5.13 Å². The number of carbonyl (C=O) groups is 1. The Kier molecular flexibility index (Phi) is 9.42. The van der Waals surface area contributed by atoms with Crippen LogP contribution < -0.4 is 19.5 Å². The van der Waals surface area contributed by atoms with Gasteiger partial charge in [0.05, 0.1) is 7.11 Å². The molecule has 36 heavy (non-hydrogen) atoms. The highest BCUT2D eigenvalue weighted by molar-refractivity contribution is 7.15. The molecule has 0 unspecified atom stereocenters. The number of carbonyl (C=O) groups excluding carboxylic acids is 1. The molecule has 0 atom stereocenters. The van der Waals surface area contributed by atoms with Crippen molar-refractivity contribution in [3.05, 3.63) is 63.7 Å². The molecule has 1 heterocycles. The van der Waals surface area contributed by atoms with Crippen LogP contribution in [0.1, 0.15) is 35.5 Å². The number of benzene rings is 2. The quantitative estimate of drug-likeness (QED) is 0.212. The predicted molar refractivity (Wildman–Crippen MR) is 141 cm³/mol. The fourth-order valence-corrected chi connectivity index (χ4v) is 4.38. The number of aromatic nitrogens is 2. The number of ether oxygens (including phenoxy) is 3. The lowest BCUT2D eigenvalue weighted by Crippen LogP contribution is -2.13. The summed E-state index contributed by atoms with van der Waals surface area (Å²) in [4.78, 5) is 12.6. The van der Waals surface area contributed by atoms with Crippen LogP contribution in [0.25, 0.3) is 6.08 Å². The van der Waals surface area contributed by atoms with E-state index in [0.29, 0.717) is 41.3 Å². The van der Waals surface area contributed by atoms with Gasteiger partial charge in [-0.3, -0.25) is 10.1 Å². The summed E-state index contributed by atoms with van der Waals surface area (Å²) >= 11 is 1.30. The van der Waals surface area contributed by atoms with Gasteiger partial charge in [-0.15, -0.1) is 10.2 Å². The molecule has 3 rings (SSSR count). The number of anilines is 1. The summed E-state index contributed by atoms with van der Waals surface area (Å²) in [7, 11) is 1.53. The second-order valence-electron chi connectivity index (χ2n) is 8.65. The molecule has 1 aromatic heterocycles. The summed E-state index contributed by atoms with van der Waals surface area (Å²) in [6, 6.07) is 13.2. The van der Waals surface area contributed by atoms with Crippen molar-refractivity contribution in [2.24, 2.45) is 5.92 Å². The summed E-state index contributed by atoms with van der Waals surface area (Å²) < 4.78 is 17.1. The Morgan fingerprint density at radius 2 is 1.81 bits per heavy atom. The summed E-state index contributed by atoms with van der Waals surface area (Å²) in [5.74, 6) is 1.70. The Morgan fingerprint density at radius 1 is 1.08 bits per heavy atom. The number of amides is 1. The van der Waals surface area contributed by atoms with Gasteiger partial charge in [-0.2, -0.15) is 5.26 Å². The summed E-state index contributed by atoms with van der Waals surface area (Å²) in [5.41, 5.74) is 2.84. The SMILES string of the molecule is COc1cc(C=C(C#N)C(=O)Nc2nnc(CC(C)C)s2)ccc1OCCOc1cc(C)cc(C)c1. The zero-order valence-corrected chi connectivity index (χ0v) is 21.9. The average molecular weight is 507 g/mol. The third-order valence-corrected chi connectivity index (χ3v) is 5.80. The largest absolute Gasteiger partial charge is 0.493 e. The van der Waals surface area contributed by atoms with Crippen LogP contribution in [0.15, 0.2) is 42.0 Å². The Balaban J connectivity index is 1.61. The molecule has 1 N–H and O–H groups in total. The van der Waals surface area contributed by atoms with Gasteiger partial charge >= 0.3 is 0 Å². The van der Waals surface area contributed by atoms with E-state index >= 15 is 0 Å². The number of nitriles is 1. The van der Waals surface area contributed by atoms with Crippen molar-refractivity contribution in [2.45, 2.75) is 34.1 Å². The Bertz CT molecular complexity index is 1260. The van der Waals surface area contributed by atoms with Crippen molar-refractivity contribution in [1.29, 1.82) is 5.26 Å². The minimum atomic E-state index is -0.549. The highest BCUT2D eigenvalue weighted by atomic mass is 32.1. The van der Waals surface area contributed by atoms with Crippen LogP contribution in [-0.2, 0) is 11.2 Å². The van der Waals surface area contributed by atoms with E-state index < -0.39 is 5.91 Å². The Hall–Kier alpha value is -3.90. The summed E-state index contributed by atoms with van der Waals surface area (Å²) in [6.07, 6.45) is 2.27. The molecule has 188 valence electrons. The molecule has 0 aliphatic carbocycles. The van der Waals surface area contributed by atoms with E-state index in [0.717, 1.165) is 28.3 Å². The lowest BCUT2D eigenvalue weighted by atomic mass is 10.1. The molecule has 0 aliphatic heterocycles. The molecule has 0 fully saturated rings. The topological polar surface area (TPSA) is 106 Å². The molecule has 1 amide bonds. The molecule has 0 saturated heterocycles. The van der Waals surface area contributed by atoms with Gasteiger partial charge < -0.3 is 14.2 Å². The van der Waals surface area contributed by atoms with Gasteiger partial charge in [0.15, 0.2) is 11.5 Å². The maximum atomic E-state index is 12.6. The Morgan fingerprint density at radius 3 is 2.47 bits per heavy atom. The highest BCUT2D eigenvalue weighted by Crippen LogP contribution is 2.29. The van der Waals surface area contributed by atoms with Crippen LogP contribution in [0.4, 0.5) is 5.13 Å². The van der Waals surface area contributed by atoms with E-state index in [2.05, 4.69) is 35.4 Å². The lowest BCUT2D eigenvalue weighted by Gasteiger charge is -2.13. The van der Waals surface area contributed by atoms with E-state index in [9.17, 15) is 10.1 Å². The van der Waals surface area contributed by atoms with E-state index in [1.54, 1.807) is 18.2 Å². The minimum absolute atomic E-state index is 0.0619. The van der Waals surface area contributed by atoms with Crippen molar-refractivity contribution in [3.8, 4) is 23.3 Å². The van der Waals surface area contributed by atoms with Crippen molar-refractivity contribution in [3.63, 3.8) is 0 Å².